The van der Waals surface area contributed by atoms with Crippen LogP contribution in [0.4, 0.5) is 8.78 Å². The molecule has 1 amide bonds. The number of rotatable bonds is 3. The summed E-state index contributed by atoms with van der Waals surface area (Å²) in [7, 11) is 0. The largest absolute Gasteiger partial charge is 0.344 e. The maximum Gasteiger partial charge on any atom is 0.271 e. The van der Waals surface area contributed by atoms with Crippen LogP contribution in [0.2, 0.25) is 0 Å². The molecule has 0 saturated carbocycles. The van der Waals surface area contributed by atoms with Crippen LogP contribution in [-0.2, 0) is 0 Å². The first-order valence-electron chi connectivity index (χ1n) is 6.02. The summed E-state index contributed by atoms with van der Waals surface area (Å²) < 4.78 is 26.4. The average molecular weight is 277 g/mol. The van der Waals surface area contributed by atoms with Gasteiger partial charge >= 0.3 is 0 Å². The Balaban J connectivity index is 2.12. The Kier molecular flexibility index (Phi) is 4.02. The van der Waals surface area contributed by atoms with Crippen molar-refractivity contribution < 1.29 is 13.6 Å². The average Bonchev–Trinajstić information content (AvgIpc) is 2.39. The maximum absolute atomic E-state index is 13.6. The maximum atomic E-state index is 13.6. The number of carbonyl (C=O) groups is 1. The van der Waals surface area contributed by atoms with Gasteiger partial charge in [-0.1, -0.05) is 6.07 Å². The van der Waals surface area contributed by atoms with Gasteiger partial charge in [0.1, 0.15) is 17.3 Å². The molecular weight excluding hydrogens is 264 g/mol. The van der Waals surface area contributed by atoms with Crippen LogP contribution in [0.5, 0.6) is 0 Å². The number of aromatic nitrogens is 2. The molecule has 0 radical (unpaired) electrons. The third kappa shape index (κ3) is 3.14. The van der Waals surface area contributed by atoms with Crippen LogP contribution in [0, 0.1) is 18.6 Å². The zero-order valence-corrected chi connectivity index (χ0v) is 11.0. The highest BCUT2D eigenvalue weighted by Crippen LogP contribution is 2.17. The number of carbonyl (C=O) groups excluding carboxylic acids is 1. The second-order valence-electron chi connectivity index (χ2n) is 4.40. The first-order chi connectivity index (χ1) is 9.47. The van der Waals surface area contributed by atoms with Gasteiger partial charge in [0, 0.05) is 17.8 Å². The molecule has 1 N–H and O–H groups in total. The lowest BCUT2D eigenvalue weighted by Gasteiger charge is -2.14. The van der Waals surface area contributed by atoms with E-state index in [4.69, 9.17) is 0 Å². The second kappa shape index (κ2) is 5.73. The summed E-state index contributed by atoms with van der Waals surface area (Å²) >= 11 is 0. The fraction of sp³-hybridized carbons (Fsp3) is 0.214. The summed E-state index contributed by atoms with van der Waals surface area (Å²) in [5, 5.41) is 2.59. The quantitative estimate of drug-likeness (QED) is 0.938. The minimum absolute atomic E-state index is 0.143. The second-order valence-corrected chi connectivity index (χ2v) is 4.40. The molecule has 0 aliphatic heterocycles. The lowest BCUT2D eigenvalue weighted by molar-refractivity contribution is 0.0934. The van der Waals surface area contributed by atoms with Gasteiger partial charge in [-0.3, -0.25) is 9.78 Å². The van der Waals surface area contributed by atoms with Crippen molar-refractivity contribution in [3.8, 4) is 0 Å². The first kappa shape index (κ1) is 14.0. The van der Waals surface area contributed by atoms with E-state index in [1.165, 1.54) is 18.5 Å². The van der Waals surface area contributed by atoms with Crippen molar-refractivity contribution in [3.63, 3.8) is 0 Å². The van der Waals surface area contributed by atoms with Gasteiger partial charge in [-0.25, -0.2) is 13.8 Å². The lowest BCUT2D eigenvalue weighted by atomic mass is 10.1. The fourth-order valence-corrected chi connectivity index (χ4v) is 1.71. The van der Waals surface area contributed by atoms with Crippen molar-refractivity contribution in [2.75, 3.05) is 0 Å². The van der Waals surface area contributed by atoms with Crippen molar-refractivity contribution in [1.29, 1.82) is 0 Å². The van der Waals surface area contributed by atoms with Crippen LogP contribution in [0.25, 0.3) is 0 Å². The SMILES string of the molecule is Cc1cnc(C(=O)NC(C)c2ccc(F)cc2F)cn1. The summed E-state index contributed by atoms with van der Waals surface area (Å²) in [6.45, 7) is 3.36. The van der Waals surface area contributed by atoms with Gasteiger partial charge in [-0.05, 0) is 19.9 Å². The smallest absolute Gasteiger partial charge is 0.271 e. The summed E-state index contributed by atoms with van der Waals surface area (Å²) in [6, 6.07) is 2.62. The Hall–Kier alpha value is -2.37. The summed E-state index contributed by atoms with van der Waals surface area (Å²) in [5.41, 5.74) is 1.05. The van der Waals surface area contributed by atoms with E-state index in [1.807, 2.05) is 0 Å². The van der Waals surface area contributed by atoms with E-state index in [2.05, 4.69) is 15.3 Å². The van der Waals surface area contributed by atoms with Crippen molar-refractivity contribution in [2.45, 2.75) is 19.9 Å². The molecule has 104 valence electrons. The van der Waals surface area contributed by atoms with Gasteiger partial charge in [0.05, 0.1) is 17.9 Å². The Morgan fingerprint density at radius 1 is 1.25 bits per heavy atom. The van der Waals surface area contributed by atoms with Crippen LogP contribution < -0.4 is 5.32 Å². The van der Waals surface area contributed by atoms with Gasteiger partial charge in [0.15, 0.2) is 0 Å². The predicted octanol–water partition coefficient (Wildman–Crippen LogP) is 2.55. The fourth-order valence-electron chi connectivity index (χ4n) is 1.71. The van der Waals surface area contributed by atoms with Crippen molar-refractivity contribution in [2.24, 2.45) is 0 Å². The molecule has 0 bridgehead atoms. The van der Waals surface area contributed by atoms with E-state index < -0.39 is 23.6 Å². The van der Waals surface area contributed by atoms with Crippen molar-refractivity contribution in [3.05, 3.63) is 59.2 Å². The number of amides is 1. The summed E-state index contributed by atoms with van der Waals surface area (Å²) in [6.07, 6.45) is 2.82. The minimum Gasteiger partial charge on any atom is -0.344 e. The lowest BCUT2D eigenvalue weighted by Crippen LogP contribution is -2.28. The molecule has 1 atom stereocenters. The number of hydrogen-bond acceptors (Lipinski definition) is 3. The Labute approximate surface area is 114 Å². The van der Waals surface area contributed by atoms with Gasteiger partial charge in [-0.15, -0.1) is 0 Å². The molecular formula is C14H13F2N3O. The Morgan fingerprint density at radius 3 is 2.60 bits per heavy atom. The Bertz CT molecular complexity index is 629. The number of benzene rings is 1. The Morgan fingerprint density at radius 2 is 2.00 bits per heavy atom. The summed E-state index contributed by atoms with van der Waals surface area (Å²) in [4.78, 5) is 19.8. The number of aryl methyl sites for hydroxylation is 1. The van der Waals surface area contributed by atoms with Crippen LogP contribution >= 0.6 is 0 Å². The first-order valence-corrected chi connectivity index (χ1v) is 6.02. The molecule has 1 unspecified atom stereocenters. The van der Waals surface area contributed by atoms with E-state index in [9.17, 15) is 13.6 Å². The molecule has 20 heavy (non-hydrogen) atoms. The molecule has 0 spiro atoms. The van der Waals surface area contributed by atoms with Gasteiger partial charge in [-0.2, -0.15) is 0 Å². The number of hydrogen-bond donors (Lipinski definition) is 1. The van der Waals surface area contributed by atoms with E-state index in [0.717, 1.165) is 12.1 Å². The molecule has 2 aromatic rings. The van der Waals surface area contributed by atoms with Crippen molar-refractivity contribution in [1.82, 2.24) is 15.3 Å². The highest BCUT2D eigenvalue weighted by atomic mass is 19.1. The number of halogens is 2. The van der Waals surface area contributed by atoms with Crippen molar-refractivity contribution >= 4 is 5.91 Å². The molecule has 4 nitrogen and oxygen atoms in total. The monoisotopic (exact) mass is 277 g/mol. The third-order valence-corrected chi connectivity index (χ3v) is 2.79. The van der Waals surface area contributed by atoms with E-state index in [1.54, 1.807) is 13.8 Å². The van der Waals surface area contributed by atoms with E-state index in [0.29, 0.717) is 5.69 Å². The molecule has 0 fully saturated rings. The van der Waals surface area contributed by atoms with Crippen LogP contribution in [-0.4, -0.2) is 15.9 Å². The molecule has 1 aromatic heterocycles. The van der Waals surface area contributed by atoms with E-state index in [-0.39, 0.29) is 11.3 Å². The third-order valence-electron chi connectivity index (χ3n) is 2.79. The number of nitrogens with zero attached hydrogens (tertiary/aromatic N) is 2. The predicted molar refractivity (Wildman–Crippen MR) is 69.0 cm³/mol. The van der Waals surface area contributed by atoms with Gasteiger partial charge in [0.25, 0.3) is 5.91 Å². The molecule has 6 heteroatoms. The topological polar surface area (TPSA) is 54.9 Å². The molecule has 2 rings (SSSR count). The standard InChI is InChI=1S/C14H13F2N3O/c1-8-6-18-13(7-17-8)14(20)19-9(2)11-4-3-10(15)5-12(11)16/h3-7,9H,1-2H3,(H,19,20). The van der Waals surface area contributed by atoms with Gasteiger partial charge < -0.3 is 5.32 Å². The highest BCUT2D eigenvalue weighted by Gasteiger charge is 2.16. The van der Waals surface area contributed by atoms with E-state index >= 15 is 0 Å². The number of nitrogens with one attached hydrogen (secondary N) is 1. The minimum atomic E-state index is -0.701. The van der Waals surface area contributed by atoms with Crippen LogP contribution in [0.15, 0.2) is 30.6 Å². The highest BCUT2D eigenvalue weighted by molar-refractivity contribution is 5.92. The van der Waals surface area contributed by atoms with Gasteiger partial charge in [0.2, 0.25) is 0 Å². The molecule has 0 saturated heterocycles. The zero-order valence-electron chi connectivity index (χ0n) is 11.0. The summed E-state index contributed by atoms with van der Waals surface area (Å²) in [5.74, 6) is -1.82. The molecule has 1 heterocycles. The van der Waals surface area contributed by atoms with Crippen LogP contribution in [0.1, 0.15) is 34.7 Å². The molecule has 1 aromatic carbocycles. The molecule has 0 aliphatic rings. The zero-order chi connectivity index (χ0) is 14.7. The molecule has 0 aliphatic carbocycles. The normalized spacial score (nSPS) is 12.0. The van der Waals surface area contributed by atoms with Crippen LogP contribution in [0.3, 0.4) is 0 Å².